The van der Waals surface area contributed by atoms with E-state index in [1.165, 1.54) is 0 Å². The summed E-state index contributed by atoms with van der Waals surface area (Å²) in [7, 11) is 0. The van der Waals surface area contributed by atoms with E-state index in [9.17, 15) is 4.79 Å². The first-order valence-electron chi connectivity index (χ1n) is 5.96. The van der Waals surface area contributed by atoms with Gasteiger partial charge in [0.25, 0.3) is 0 Å². The van der Waals surface area contributed by atoms with Gasteiger partial charge in [-0.05, 0) is 49.4 Å². The third-order valence-corrected chi connectivity index (χ3v) is 2.18. The molecule has 0 saturated heterocycles. The first-order valence-corrected chi connectivity index (χ1v) is 5.96. The predicted molar refractivity (Wildman–Crippen MR) is 67.9 cm³/mol. The summed E-state index contributed by atoms with van der Waals surface area (Å²) in [6.07, 6.45) is 0. The minimum Gasteiger partial charge on any atom is -0.263 e. The molecule has 0 unspecified atom stereocenters. The van der Waals surface area contributed by atoms with Crippen LogP contribution in [0.15, 0.2) is 24.3 Å². The van der Waals surface area contributed by atoms with Crippen molar-refractivity contribution in [3.8, 4) is 0 Å². The lowest BCUT2D eigenvalue weighted by Gasteiger charge is -2.15. The van der Waals surface area contributed by atoms with Gasteiger partial charge >= 0.3 is 5.97 Å². The molecule has 0 saturated carbocycles. The number of carbonyl (C=O) groups excluding carboxylic acids is 1. The topological polar surface area (TPSA) is 44.8 Å². The van der Waals surface area contributed by atoms with Gasteiger partial charge in [0.2, 0.25) is 0 Å². The zero-order valence-electron chi connectivity index (χ0n) is 11.5. The van der Waals surface area contributed by atoms with Crippen LogP contribution < -0.4 is 0 Å². The number of rotatable bonds is 4. The van der Waals surface area contributed by atoms with Gasteiger partial charge in [-0.2, -0.15) is 4.89 Å². The highest BCUT2D eigenvalue weighted by Crippen LogP contribution is 2.16. The molecule has 0 amide bonds. The SMILES string of the molecule is CC(C)c1cccc(C(=O)OOOC(C)(C)C)c1. The predicted octanol–water partition coefficient (Wildman–Crippen LogP) is 3.63. The molecular weight excluding hydrogens is 232 g/mol. The average molecular weight is 252 g/mol. The molecule has 4 nitrogen and oxygen atoms in total. The highest BCUT2D eigenvalue weighted by atomic mass is 17.5. The Bertz CT molecular complexity index is 405. The average Bonchev–Trinajstić information content (AvgIpc) is 2.27. The molecule has 0 aliphatic carbocycles. The van der Waals surface area contributed by atoms with Crippen LogP contribution in [-0.4, -0.2) is 11.6 Å². The summed E-state index contributed by atoms with van der Waals surface area (Å²) in [5.74, 6) is -0.216. The molecule has 18 heavy (non-hydrogen) atoms. The summed E-state index contributed by atoms with van der Waals surface area (Å²) in [5.41, 5.74) is 0.986. The van der Waals surface area contributed by atoms with Crippen LogP contribution in [0.2, 0.25) is 0 Å². The van der Waals surface area contributed by atoms with Gasteiger partial charge in [-0.25, -0.2) is 4.79 Å². The molecular formula is C14H20O4. The smallest absolute Gasteiger partial charge is 0.263 e. The van der Waals surface area contributed by atoms with Crippen LogP contribution in [0, 0.1) is 0 Å². The van der Waals surface area contributed by atoms with Crippen molar-refractivity contribution >= 4 is 5.97 Å². The standard InChI is InChI=1S/C14H20O4/c1-10(2)11-7-6-8-12(9-11)13(15)16-18-17-14(3,4)5/h6-10H,1-5H3. The van der Waals surface area contributed by atoms with Gasteiger partial charge in [0, 0.05) is 0 Å². The van der Waals surface area contributed by atoms with Crippen molar-refractivity contribution in [1.82, 2.24) is 0 Å². The van der Waals surface area contributed by atoms with Crippen LogP contribution in [0.5, 0.6) is 0 Å². The quantitative estimate of drug-likeness (QED) is 0.606. The van der Waals surface area contributed by atoms with Crippen LogP contribution in [-0.2, 0) is 14.8 Å². The Labute approximate surface area is 108 Å². The Hall–Kier alpha value is -1.39. The van der Waals surface area contributed by atoms with Crippen LogP contribution in [0.25, 0.3) is 0 Å². The fraction of sp³-hybridized carbons (Fsp3) is 0.500. The van der Waals surface area contributed by atoms with E-state index < -0.39 is 11.6 Å². The van der Waals surface area contributed by atoms with Crippen molar-refractivity contribution in [1.29, 1.82) is 0 Å². The number of carbonyl (C=O) groups is 1. The summed E-state index contributed by atoms with van der Waals surface area (Å²) in [5, 5.41) is 4.47. The Morgan fingerprint density at radius 1 is 1.22 bits per heavy atom. The molecule has 1 aromatic rings. The van der Waals surface area contributed by atoms with Crippen LogP contribution in [0.3, 0.4) is 0 Å². The Kier molecular flexibility index (Phi) is 4.87. The van der Waals surface area contributed by atoms with Crippen LogP contribution in [0.4, 0.5) is 0 Å². The van der Waals surface area contributed by atoms with Gasteiger partial charge in [-0.1, -0.05) is 26.0 Å². The molecule has 100 valence electrons. The number of hydrogen-bond donors (Lipinski definition) is 0. The lowest BCUT2D eigenvalue weighted by molar-refractivity contribution is -0.510. The van der Waals surface area contributed by atoms with E-state index in [-0.39, 0.29) is 0 Å². The van der Waals surface area contributed by atoms with Crippen LogP contribution >= 0.6 is 0 Å². The van der Waals surface area contributed by atoms with Gasteiger partial charge in [0.05, 0.1) is 11.2 Å². The zero-order chi connectivity index (χ0) is 13.8. The number of benzene rings is 1. The van der Waals surface area contributed by atoms with Crippen molar-refractivity contribution in [2.75, 3.05) is 0 Å². The maximum atomic E-state index is 11.7. The molecule has 0 aromatic heterocycles. The Balaban J connectivity index is 2.59. The highest BCUT2D eigenvalue weighted by molar-refractivity contribution is 5.89. The third-order valence-electron chi connectivity index (χ3n) is 2.18. The maximum absolute atomic E-state index is 11.7. The van der Waals surface area contributed by atoms with Crippen molar-refractivity contribution in [3.05, 3.63) is 35.4 Å². The van der Waals surface area contributed by atoms with E-state index in [1.807, 2.05) is 12.1 Å². The molecule has 4 heteroatoms. The van der Waals surface area contributed by atoms with Crippen LogP contribution in [0.1, 0.15) is 56.5 Å². The van der Waals surface area contributed by atoms with Gasteiger partial charge < -0.3 is 0 Å². The fourth-order valence-corrected chi connectivity index (χ4v) is 1.22. The second kappa shape index (κ2) is 5.98. The highest BCUT2D eigenvalue weighted by Gasteiger charge is 2.15. The lowest BCUT2D eigenvalue weighted by Crippen LogP contribution is -2.20. The third kappa shape index (κ3) is 4.85. The maximum Gasteiger partial charge on any atom is 0.376 e. The molecule has 0 atom stereocenters. The molecule has 1 rings (SSSR count). The Morgan fingerprint density at radius 2 is 1.89 bits per heavy atom. The molecule has 0 bridgehead atoms. The first-order chi connectivity index (χ1) is 8.29. The zero-order valence-corrected chi connectivity index (χ0v) is 11.5. The summed E-state index contributed by atoms with van der Waals surface area (Å²) in [4.78, 5) is 21.1. The number of hydrogen-bond acceptors (Lipinski definition) is 4. The van der Waals surface area contributed by atoms with E-state index in [2.05, 4.69) is 23.8 Å². The monoisotopic (exact) mass is 252 g/mol. The molecule has 0 radical (unpaired) electrons. The molecule has 0 fully saturated rings. The van der Waals surface area contributed by atoms with E-state index >= 15 is 0 Å². The summed E-state index contributed by atoms with van der Waals surface area (Å²) >= 11 is 0. The first kappa shape index (κ1) is 14.7. The Morgan fingerprint density at radius 3 is 2.44 bits per heavy atom. The van der Waals surface area contributed by atoms with Gasteiger partial charge in [-0.15, -0.1) is 0 Å². The van der Waals surface area contributed by atoms with E-state index in [0.29, 0.717) is 11.5 Å². The molecule has 0 spiro atoms. The molecule has 1 aromatic carbocycles. The normalized spacial score (nSPS) is 11.7. The second-order valence-electron chi connectivity index (χ2n) is 5.41. The van der Waals surface area contributed by atoms with Gasteiger partial charge in [0.15, 0.2) is 0 Å². The largest absolute Gasteiger partial charge is 0.376 e. The summed E-state index contributed by atoms with van der Waals surface area (Å²) < 4.78 is 0. The molecule has 0 aliphatic rings. The fourth-order valence-electron chi connectivity index (χ4n) is 1.22. The van der Waals surface area contributed by atoms with E-state index in [4.69, 9.17) is 4.89 Å². The summed E-state index contributed by atoms with van der Waals surface area (Å²) in [6, 6.07) is 7.24. The van der Waals surface area contributed by atoms with E-state index in [1.54, 1.807) is 32.9 Å². The van der Waals surface area contributed by atoms with Crippen molar-refractivity contribution < 1.29 is 19.6 Å². The van der Waals surface area contributed by atoms with Crippen molar-refractivity contribution in [2.24, 2.45) is 0 Å². The van der Waals surface area contributed by atoms with Gasteiger partial charge in [0.1, 0.15) is 0 Å². The minimum atomic E-state index is -0.568. The summed E-state index contributed by atoms with van der Waals surface area (Å²) in [6.45, 7) is 9.49. The van der Waals surface area contributed by atoms with E-state index in [0.717, 1.165) is 5.56 Å². The van der Waals surface area contributed by atoms with Gasteiger partial charge in [-0.3, -0.25) is 4.89 Å². The lowest BCUT2D eigenvalue weighted by atomic mass is 10.0. The molecule has 0 aliphatic heterocycles. The molecule has 0 N–H and O–H groups in total. The molecule has 0 heterocycles. The second-order valence-corrected chi connectivity index (χ2v) is 5.41. The van der Waals surface area contributed by atoms with Crippen molar-refractivity contribution in [3.63, 3.8) is 0 Å². The minimum absolute atomic E-state index is 0.351. The van der Waals surface area contributed by atoms with Crippen molar-refractivity contribution in [2.45, 2.75) is 46.1 Å².